The van der Waals surface area contributed by atoms with Crippen LogP contribution in [0.15, 0.2) is 60.9 Å². The molecule has 1 atom stereocenters. The maximum Gasteiger partial charge on any atom is 0.251 e. The smallest absolute Gasteiger partial charge is 0.251 e. The molecule has 1 aliphatic rings. The molecule has 1 aliphatic heterocycles. The van der Waals surface area contributed by atoms with Crippen LogP contribution in [-0.2, 0) is 6.54 Å². The van der Waals surface area contributed by atoms with Crippen LogP contribution in [0.4, 0.5) is 11.4 Å². The molecule has 3 aromatic rings. The number of aryl methyl sites for hydroxylation is 2. The van der Waals surface area contributed by atoms with Crippen LogP contribution >= 0.6 is 0 Å². The van der Waals surface area contributed by atoms with E-state index in [0.717, 1.165) is 50.2 Å². The lowest BCUT2D eigenvalue weighted by Crippen LogP contribution is -2.48. The number of nitrogens with two attached hydrogens (primary N) is 1. The van der Waals surface area contributed by atoms with Gasteiger partial charge < -0.3 is 25.6 Å². The van der Waals surface area contributed by atoms with Crippen LogP contribution in [0, 0.1) is 13.8 Å². The maximum absolute atomic E-state index is 12.6. The molecule has 0 spiro atoms. The van der Waals surface area contributed by atoms with E-state index >= 15 is 0 Å². The quantitative estimate of drug-likeness (QED) is 0.371. The number of nitrogens with one attached hydrogen (secondary N) is 1. The van der Waals surface area contributed by atoms with Crippen LogP contribution in [0.1, 0.15) is 53.2 Å². The molecule has 4 rings (SSSR count). The molecule has 7 heteroatoms. The summed E-state index contributed by atoms with van der Waals surface area (Å²) in [6, 6.07) is 16.7. The van der Waals surface area contributed by atoms with Gasteiger partial charge >= 0.3 is 0 Å². The molecule has 0 aliphatic carbocycles. The normalized spacial score (nSPS) is 15.2. The van der Waals surface area contributed by atoms with Gasteiger partial charge in [0.2, 0.25) is 0 Å². The van der Waals surface area contributed by atoms with Gasteiger partial charge in [-0.25, -0.2) is 0 Å². The number of likely N-dealkylation sites (tertiary alicyclic amines) is 1. The molecule has 0 saturated carbocycles. The van der Waals surface area contributed by atoms with Gasteiger partial charge in [0.1, 0.15) is 5.75 Å². The summed E-state index contributed by atoms with van der Waals surface area (Å²) in [7, 11) is 1.70. The third kappa shape index (κ3) is 6.84. The van der Waals surface area contributed by atoms with Crippen molar-refractivity contribution in [3.05, 3.63) is 83.2 Å². The van der Waals surface area contributed by atoms with Crippen LogP contribution < -0.4 is 20.7 Å². The Bertz CT molecular complexity index is 1210. The first-order chi connectivity index (χ1) is 18.4. The molecule has 7 nitrogen and oxygen atoms in total. The van der Waals surface area contributed by atoms with Crippen LogP contribution in [0.25, 0.3) is 0 Å². The van der Waals surface area contributed by atoms with E-state index in [2.05, 4.69) is 52.1 Å². The Morgan fingerprint density at radius 3 is 2.53 bits per heavy atom. The number of aromatic nitrogens is 1. The third-order valence-electron chi connectivity index (χ3n) is 7.80. The lowest BCUT2D eigenvalue weighted by molar-refractivity contribution is 0.0944. The van der Waals surface area contributed by atoms with Crippen LogP contribution in [-0.4, -0.2) is 54.6 Å². The second-order valence-electron chi connectivity index (χ2n) is 10.4. The number of nitrogens with zero attached hydrogens (tertiary/aromatic N) is 3. The van der Waals surface area contributed by atoms with Gasteiger partial charge in [-0.15, -0.1) is 0 Å². The summed E-state index contributed by atoms with van der Waals surface area (Å²) in [4.78, 5) is 22.1. The molecule has 0 unspecified atom stereocenters. The average Bonchev–Trinajstić information content (AvgIpc) is 2.92. The molecule has 3 N–H and O–H groups in total. The second-order valence-corrected chi connectivity index (χ2v) is 10.4. The molecular formula is C31H41N5O2. The van der Waals surface area contributed by atoms with Gasteiger partial charge in [0, 0.05) is 67.6 Å². The van der Waals surface area contributed by atoms with E-state index in [9.17, 15) is 4.79 Å². The lowest BCUT2D eigenvalue weighted by atomic mass is 9.99. The highest BCUT2D eigenvalue weighted by atomic mass is 16.5. The van der Waals surface area contributed by atoms with Gasteiger partial charge in [0.15, 0.2) is 0 Å². The van der Waals surface area contributed by atoms with Gasteiger partial charge in [0.25, 0.3) is 5.91 Å². The van der Waals surface area contributed by atoms with Crippen molar-refractivity contribution < 1.29 is 9.53 Å². The number of ether oxygens (including phenoxy) is 1. The van der Waals surface area contributed by atoms with Crippen molar-refractivity contribution in [2.24, 2.45) is 0 Å². The maximum atomic E-state index is 12.6. The second kappa shape index (κ2) is 12.8. The molecular weight excluding hydrogens is 474 g/mol. The number of carbonyl (C=O) groups excluding carboxylic acids is 1. The molecule has 0 radical (unpaired) electrons. The summed E-state index contributed by atoms with van der Waals surface area (Å²) in [5, 5.41) is 3.09. The molecule has 1 aromatic heterocycles. The Balaban J connectivity index is 1.33. The zero-order valence-electron chi connectivity index (χ0n) is 23.1. The highest BCUT2D eigenvalue weighted by Gasteiger charge is 2.27. The number of methoxy groups -OCH3 is 1. The number of rotatable bonds is 10. The van der Waals surface area contributed by atoms with E-state index in [1.54, 1.807) is 19.2 Å². The minimum absolute atomic E-state index is 0.0331. The van der Waals surface area contributed by atoms with Gasteiger partial charge in [-0.2, -0.15) is 0 Å². The summed E-state index contributed by atoms with van der Waals surface area (Å²) < 4.78 is 5.39. The summed E-state index contributed by atoms with van der Waals surface area (Å²) in [5.74, 6) is 0.836. The van der Waals surface area contributed by atoms with Crippen molar-refractivity contribution in [2.75, 3.05) is 37.4 Å². The largest absolute Gasteiger partial charge is 0.497 e. The number of pyridine rings is 1. The number of benzene rings is 2. The van der Waals surface area contributed by atoms with E-state index in [4.69, 9.17) is 10.5 Å². The Morgan fingerprint density at radius 2 is 1.87 bits per heavy atom. The van der Waals surface area contributed by atoms with E-state index in [-0.39, 0.29) is 5.91 Å². The molecule has 1 amide bonds. The van der Waals surface area contributed by atoms with Crippen molar-refractivity contribution in [1.82, 2.24) is 15.2 Å². The van der Waals surface area contributed by atoms with E-state index in [1.165, 1.54) is 16.8 Å². The zero-order chi connectivity index (χ0) is 27.1. The molecule has 1 saturated heterocycles. The predicted molar refractivity (Wildman–Crippen MR) is 155 cm³/mol. The van der Waals surface area contributed by atoms with Crippen molar-refractivity contribution in [3.63, 3.8) is 0 Å². The van der Waals surface area contributed by atoms with Gasteiger partial charge in [-0.05, 0) is 105 Å². The number of carbonyl (C=O) groups is 1. The first kappa shape index (κ1) is 27.5. The fourth-order valence-corrected chi connectivity index (χ4v) is 5.30. The first-order valence-corrected chi connectivity index (χ1v) is 13.5. The number of nitrogen functional groups attached to an aromatic ring is 1. The molecule has 38 heavy (non-hydrogen) atoms. The number of hydrogen-bond donors (Lipinski definition) is 2. The molecule has 1 fully saturated rings. The Labute approximate surface area is 227 Å². The van der Waals surface area contributed by atoms with Crippen molar-refractivity contribution in [1.29, 1.82) is 0 Å². The van der Waals surface area contributed by atoms with E-state index in [1.807, 2.05) is 37.5 Å². The number of piperidine rings is 1. The summed E-state index contributed by atoms with van der Waals surface area (Å²) in [5.41, 5.74) is 11.8. The minimum Gasteiger partial charge on any atom is -0.497 e. The van der Waals surface area contributed by atoms with Crippen molar-refractivity contribution in [2.45, 2.75) is 58.7 Å². The summed E-state index contributed by atoms with van der Waals surface area (Å²) >= 11 is 0. The Hall–Kier alpha value is -3.58. The van der Waals surface area contributed by atoms with Gasteiger partial charge in [0.05, 0.1) is 7.11 Å². The summed E-state index contributed by atoms with van der Waals surface area (Å²) in [6.07, 6.45) is 6.94. The molecule has 202 valence electrons. The first-order valence-electron chi connectivity index (χ1n) is 13.5. The Kier molecular flexibility index (Phi) is 9.24. The van der Waals surface area contributed by atoms with E-state index in [0.29, 0.717) is 29.9 Å². The number of anilines is 2. The van der Waals surface area contributed by atoms with Crippen molar-refractivity contribution >= 4 is 17.3 Å². The van der Waals surface area contributed by atoms with Crippen LogP contribution in [0.3, 0.4) is 0 Å². The van der Waals surface area contributed by atoms with Crippen molar-refractivity contribution in [3.8, 4) is 5.75 Å². The summed E-state index contributed by atoms with van der Waals surface area (Å²) in [6.45, 7) is 9.90. The minimum atomic E-state index is -0.0331. The highest BCUT2D eigenvalue weighted by molar-refractivity contribution is 5.95. The van der Waals surface area contributed by atoms with E-state index < -0.39 is 0 Å². The monoisotopic (exact) mass is 515 g/mol. The van der Waals surface area contributed by atoms with Gasteiger partial charge in [-0.3, -0.25) is 9.78 Å². The molecule has 2 aromatic carbocycles. The van der Waals surface area contributed by atoms with Crippen LogP contribution in [0.5, 0.6) is 5.75 Å². The fourth-order valence-electron chi connectivity index (χ4n) is 5.30. The molecule has 0 bridgehead atoms. The topological polar surface area (TPSA) is 83.7 Å². The fraction of sp³-hybridized carbons (Fsp3) is 0.419. The number of hydrogen-bond acceptors (Lipinski definition) is 6. The highest BCUT2D eigenvalue weighted by Crippen LogP contribution is 2.29. The predicted octanol–water partition coefficient (Wildman–Crippen LogP) is 4.97. The lowest BCUT2D eigenvalue weighted by Gasteiger charge is -2.42. The SMILES string of the molecule is COc1ccc(N(Cc2cnccc2C)C2CCN([C@H](C)CCNC(=O)c3ccc(N)cc3C)CC2)cc1. The average molecular weight is 516 g/mol. The third-order valence-corrected chi connectivity index (χ3v) is 7.80. The van der Waals surface area contributed by atoms with Crippen LogP contribution in [0.2, 0.25) is 0 Å². The number of amides is 1. The Morgan fingerprint density at radius 1 is 1.13 bits per heavy atom. The zero-order valence-corrected chi connectivity index (χ0v) is 23.1. The van der Waals surface area contributed by atoms with Gasteiger partial charge in [-0.1, -0.05) is 0 Å². The molecule has 2 heterocycles. The standard InChI is InChI=1S/C31H41N5O2/c1-22-11-15-33-20-25(22)21-36(27-6-8-29(38-4)9-7-27)28-13-17-35(18-14-28)24(3)12-16-34-31(37)30-10-5-26(32)19-23(30)2/h5-11,15,19-20,24,28H,12-14,16-18,21,32H2,1-4H3,(H,34,37)/t24-/m1/s1.